The van der Waals surface area contributed by atoms with Gasteiger partial charge in [0.25, 0.3) is 5.56 Å². The zero-order valence-corrected chi connectivity index (χ0v) is 12.0. The van der Waals surface area contributed by atoms with Crippen molar-refractivity contribution in [1.82, 2.24) is 14.3 Å². The van der Waals surface area contributed by atoms with Crippen LogP contribution in [0, 0.1) is 6.92 Å². The zero-order valence-electron chi connectivity index (χ0n) is 10.4. The Balaban J connectivity index is 2.46. The van der Waals surface area contributed by atoms with Crippen molar-refractivity contribution in [1.29, 1.82) is 0 Å². The second-order valence-corrected chi connectivity index (χ2v) is 4.95. The topological polar surface area (TPSA) is 77.1 Å². The molecule has 0 aliphatic rings. The molecule has 6 nitrogen and oxygen atoms in total. The molecule has 0 saturated heterocycles. The summed E-state index contributed by atoms with van der Waals surface area (Å²) in [5.41, 5.74) is 1.45. The molecular weight excluding hydrogens is 314 g/mol. The Labute approximate surface area is 117 Å². The summed E-state index contributed by atoms with van der Waals surface area (Å²) in [7, 11) is 1.78. The third kappa shape index (κ3) is 2.60. The van der Waals surface area contributed by atoms with Crippen LogP contribution in [0.15, 0.2) is 27.6 Å². The quantitative estimate of drug-likeness (QED) is 0.925. The van der Waals surface area contributed by atoms with Crippen molar-refractivity contribution in [2.24, 2.45) is 7.05 Å². The highest BCUT2D eigenvalue weighted by Gasteiger charge is 2.12. The maximum atomic E-state index is 11.8. The number of hydrogen-bond acceptors (Lipinski definition) is 3. The molecule has 19 heavy (non-hydrogen) atoms. The van der Waals surface area contributed by atoms with E-state index in [1.54, 1.807) is 11.7 Å². The fourth-order valence-corrected chi connectivity index (χ4v) is 2.26. The van der Waals surface area contributed by atoms with E-state index in [9.17, 15) is 9.59 Å². The van der Waals surface area contributed by atoms with Crippen molar-refractivity contribution in [2.45, 2.75) is 13.5 Å². The van der Waals surface area contributed by atoms with E-state index in [4.69, 9.17) is 5.11 Å². The van der Waals surface area contributed by atoms with Gasteiger partial charge in [-0.3, -0.25) is 9.48 Å². The summed E-state index contributed by atoms with van der Waals surface area (Å²) in [6.45, 7) is 2.11. The summed E-state index contributed by atoms with van der Waals surface area (Å²) >= 11 is 3.42. The van der Waals surface area contributed by atoms with Gasteiger partial charge in [-0.15, -0.1) is 0 Å². The minimum Gasteiger partial charge on any atom is -0.478 e. The van der Waals surface area contributed by atoms with Gasteiger partial charge in [0.15, 0.2) is 0 Å². The first-order valence-electron chi connectivity index (χ1n) is 5.52. The number of aromatic nitrogens is 3. The fraction of sp³-hybridized carbons (Fsp3) is 0.250. The Kier molecular flexibility index (Phi) is 3.57. The van der Waals surface area contributed by atoms with Gasteiger partial charge in [-0.2, -0.15) is 5.10 Å². The Hall–Kier alpha value is -1.89. The average molecular weight is 326 g/mol. The van der Waals surface area contributed by atoms with E-state index < -0.39 is 5.97 Å². The number of nitrogens with zero attached hydrogens (tertiary/aromatic N) is 3. The molecule has 0 bridgehead atoms. The molecule has 0 fully saturated rings. The number of carboxylic acid groups (broad SMARTS) is 1. The van der Waals surface area contributed by atoms with Gasteiger partial charge in [-0.05, 0) is 28.9 Å². The van der Waals surface area contributed by atoms with E-state index in [0.717, 1.165) is 15.9 Å². The highest BCUT2D eigenvalue weighted by molar-refractivity contribution is 9.10. The third-order valence-corrected chi connectivity index (χ3v) is 3.84. The van der Waals surface area contributed by atoms with Crippen LogP contribution in [0.1, 0.15) is 21.7 Å². The fourth-order valence-electron chi connectivity index (χ4n) is 1.79. The van der Waals surface area contributed by atoms with E-state index >= 15 is 0 Å². The predicted octanol–water partition coefficient (Wildman–Crippen LogP) is 1.40. The molecule has 0 saturated carbocycles. The molecule has 0 spiro atoms. The van der Waals surface area contributed by atoms with Crippen LogP contribution in [0.25, 0.3) is 0 Å². The van der Waals surface area contributed by atoms with Gasteiger partial charge in [0.05, 0.1) is 28.0 Å². The molecule has 0 aliphatic carbocycles. The van der Waals surface area contributed by atoms with E-state index in [1.165, 1.54) is 22.9 Å². The number of rotatable bonds is 3. The normalized spacial score (nSPS) is 10.7. The van der Waals surface area contributed by atoms with Gasteiger partial charge in [0, 0.05) is 19.3 Å². The van der Waals surface area contributed by atoms with Crippen LogP contribution in [0.5, 0.6) is 0 Å². The summed E-state index contributed by atoms with van der Waals surface area (Å²) in [4.78, 5) is 22.7. The van der Waals surface area contributed by atoms with Crippen molar-refractivity contribution in [3.63, 3.8) is 0 Å². The summed E-state index contributed by atoms with van der Waals surface area (Å²) < 4.78 is 3.84. The summed E-state index contributed by atoms with van der Waals surface area (Å²) in [6.07, 6.45) is 1.33. The molecule has 0 aliphatic heterocycles. The van der Waals surface area contributed by atoms with E-state index in [1.807, 2.05) is 6.92 Å². The van der Waals surface area contributed by atoms with Gasteiger partial charge in [0.1, 0.15) is 0 Å². The Morgan fingerprint density at radius 3 is 2.68 bits per heavy atom. The van der Waals surface area contributed by atoms with Crippen LogP contribution >= 0.6 is 15.9 Å². The molecule has 1 N–H and O–H groups in total. The van der Waals surface area contributed by atoms with Gasteiger partial charge in [-0.1, -0.05) is 0 Å². The molecule has 2 heterocycles. The molecule has 2 aromatic rings. The van der Waals surface area contributed by atoms with Crippen molar-refractivity contribution >= 4 is 21.9 Å². The van der Waals surface area contributed by atoms with Crippen molar-refractivity contribution in [3.05, 3.63) is 50.1 Å². The van der Waals surface area contributed by atoms with Crippen molar-refractivity contribution in [2.75, 3.05) is 0 Å². The number of halogens is 1. The largest absolute Gasteiger partial charge is 0.478 e. The summed E-state index contributed by atoms with van der Waals surface area (Å²) in [6, 6.07) is 2.55. The molecule has 2 rings (SSSR count). The molecule has 0 atom stereocenters. The predicted molar refractivity (Wildman–Crippen MR) is 72.4 cm³/mol. The van der Waals surface area contributed by atoms with Crippen LogP contribution in [0.3, 0.4) is 0 Å². The zero-order chi connectivity index (χ0) is 14.2. The van der Waals surface area contributed by atoms with Gasteiger partial charge >= 0.3 is 5.97 Å². The molecular formula is C12H12BrN3O3. The van der Waals surface area contributed by atoms with E-state index in [-0.39, 0.29) is 17.7 Å². The van der Waals surface area contributed by atoms with Crippen LogP contribution in [-0.4, -0.2) is 25.4 Å². The Bertz CT molecular complexity index is 703. The average Bonchev–Trinajstić information content (AvgIpc) is 2.58. The minimum atomic E-state index is -1.06. The smallest absolute Gasteiger partial charge is 0.337 e. The number of carboxylic acids is 1. The first kappa shape index (κ1) is 13.5. The van der Waals surface area contributed by atoms with E-state index in [2.05, 4.69) is 21.0 Å². The van der Waals surface area contributed by atoms with Gasteiger partial charge in [0.2, 0.25) is 0 Å². The second-order valence-electron chi connectivity index (χ2n) is 4.16. The monoisotopic (exact) mass is 325 g/mol. The Morgan fingerprint density at radius 2 is 2.16 bits per heavy atom. The van der Waals surface area contributed by atoms with Crippen LogP contribution in [-0.2, 0) is 13.6 Å². The maximum absolute atomic E-state index is 11.8. The lowest BCUT2D eigenvalue weighted by molar-refractivity contribution is 0.0696. The van der Waals surface area contributed by atoms with Gasteiger partial charge in [-0.25, -0.2) is 4.79 Å². The molecule has 0 unspecified atom stereocenters. The third-order valence-electron chi connectivity index (χ3n) is 2.81. The Morgan fingerprint density at radius 1 is 1.47 bits per heavy atom. The van der Waals surface area contributed by atoms with Crippen LogP contribution in [0.4, 0.5) is 0 Å². The number of aryl methyl sites for hydroxylation is 2. The lowest BCUT2D eigenvalue weighted by atomic mass is 10.3. The maximum Gasteiger partial charge on any atom is 0.337 e. The number of carbonyl (C=O) groups is 1. The number of hydrogen-bond donors (Lipinski definition) is 1. The van der Waals surface area contributed by atoms with Crippen molar-refractivity contribution in [3.8, 4) is 0 Å². The molecule has 2 aromatic heterocycles. The highest BCUT2D eigenvalue weighted by Crippen LogP contribution is 2.20. The lowest BCUT2D eigenvalue weighted by Crippen LogP contribution is -2.22. The minimum absolute atomic E-state index is 0.0783. The van der Waals surface area contributed by atoms with Crippen molar-refractivity contribution < 1.29 is 9.90 Å². The first-order chi connectivity index (χ1) is 8.90. The standard InChI is InChI=1S/C12H12BrN3O3/c1-7-11(13)9(15(2)14-7)6-16-5-8(12(18)19)3-4-10(16)17/h3-5H,6H2,1-2H3,(H,18,19). The summed E-state index contributed by atoms with van der Waals surface area (Å²) in [5.74, 6) is -1.06. The second kappa shape index (κ2) is 5.00. The summed E-state index contributed by atoms with van der Waals surface area (Å²) in [5, 5.41) is 13.2. The molecule has 0 amide bonds. The molecule has 0 aromatic carbocycles. The first-order valence-corrected chi connectivity index (χ1v) is 6.31. The SMILES string of the molecule is Cc1nn(C)c(Cn2cc(C(=O)O)ccc2=O)c1Br. The number of pyridine rings is 1. The molecule has 0 radical (unpaired) electrons. The van der Waals surface area contributed by atoms with Gasteiger partial charge < -0.3 is 9.67 Å². The lowest BCUT2D eigenvalue weighted by Gasteiger charge is -2.07. The van der Waals surface area contributed by atoms with Crippen LogP contribution in [0.2, 0.25) is 0 Å². The number of aromatic carboxylic acids is 1. The van der Waals surface area contributed by atoms with E-state index in [0.29, 0.717) is 0 Å². The molecule has 100 valence electrons. The molecule has 7 heteroatoms. The highest BCUT2D eigenvalue weighted by atomic mass is 79.9. The van der Waals surface area contributed by atoms with Crippen LogP contribution < -0.4 is 5.56 Å².